The zero-order chi connectivity index (χ0) is 11.2. The zero-order valence-electron chi connectivity index (χ0n) is 9.39. The summed E-state index contributed by atoms with van der Waals surface area (Å²) < 4.78 is 0. The number of hydrogen-bond acceptors (Lipinski definition) is 1. The molecule has 1 N–H and O–H groups in total. The van der Waals surface area contributed by atoms with E-state index in [1.54, 1.807) is 0 Å². The van der Waals surface area contributed by atoms with Gasteiger partial charge in [-0.25, -0.2) is 0 Å². The molecule has 15 heavy (non-hydrogen) atoms. The lowest BCUT2D eigenvalue weighted by atomic mass is 9.73. The quantitative estimate of drug-likeness (QED) is 0.750. The summed E-state index contributed by atoms with van der Waals surface area (Å²) >= 11 is 6.28. The first kappa shape index (κ1) is 10.6. The Morgan fingerprint density at radius 1 is 1.40 bits per heavy atom. The first-order valence-corrected chi connectivity index (χ1v) is 5.61. The Morgan fingerprint density at radius 2 is 2.07 bits per heavy atom. The van der Waals surface area contributed by atoms with Gasteiger partial charge >= 0.3 is 0 Å². The maximum absolute atomic E-state index is 6.28. The van der Waals surface area contributed by atoms with E-state index in [9.17, 15) is 0 Å². The monoisotopic (exact) mass is 221 g/mol. The molecule has 1 aromatic rings. The maximum Gasteiger partial charge on any atom is 0.0468 e. The summed E-state index contributed by atoms with van der Waals surface area (Å²) in [6, 6.07) is 5.97. The van der Waals surface area contributed by atoms with Crippen LogP contribution in [0.1, 0.15) is 26.3 Å². The van der Waals surface area contributed by atoms with Crippen molar-refractivity contribution in [1.29, 1.82) is 0 Å². The number of anilines is 1. The summed E-state index contributed by atoms with van der Waals surface area (Å²) in [5.41, 5.74) is 3.27. The van der Waals surface area contributed by atoms with Gasteiger partial charge in [0.05, 0.1) is 0 Å². The molecule has 1 nitrogen and oxygen atoms in total. The van der Waals surface area contributed by atoms with Crippen molar-refractivity contribution in [1.82, 2.24) is 0 Å². The highest BCUT2D eigenvalue weighted by atomic mass is 35.5. The predicted octanol–water partition coefficient (Wildman–Crippen LogP) is 4.19. The normalized spacial score (nSPS) is 24.2. The van der Waals surface area contributed by atoms with Crippen LogP contribution in [0.25, 0.3) is 0 Å². The van der Waals surface area contributed by atoms with E-state index in [1.807, 2.05) is 12.1 Å². The van der Waals surface area contributed by atoms with E-state index in [2.05, 4.69) is 38.7 Å². The summed E-state index contributed by atoms with van der Waals surface area (Å²) in [5, 5.41) is 4.16. The van der Waals surface area contributed by atoms with Crippen molar-refractivity contribution in [2.75, 3.05) is 5.32 Å². The Labute approximate surface area is 96.1 Å². The molecule has 0 radical (unpaired) electrons. The van der Waals surface area contributed by atoms with Crippen LogP contribution in [0.5, 0.6) is 0 Å². The fraction of sp³-hybridized carbons (Fsp3) is 0.385. The van der Waals surface area contributed by atoms with Gasteiger partial charge in [0.15, 0.2) is 0 Å². The van der Waals surface area contributed by atoms with Crippen molar-refractivity contribution < 1.29 is 0 Å². The first-order chi connectivity index (χ1) is 6.98. The third-order valence-corrected chi connectivity index (χ3v) is 3.92. The SMILES string of the molecule is C=C1Nc2cccc(Cl)c2[C@@]1(C)C(C)C. The number of fused-ring (bicyclic) bond motifs is 1. The van der Waals surface area contributed by atoms with E-state index in [-0.39, 0.29) is 5.41 Å². The van der Waals surface area contributed by atoms with Crippen LogP contribution < -0.4 is 5.32 Å². The van der Waals surface area contributed by atoms with Gasteiger partial charge in [-0.15, -0.1) is 0 Å². The Balaban J connectivity index is 2.68. The second-order valence-corrected chi connectivity index (χ2v) is 5.03. The average Bonchev–Trinajstić information content (AvgIpc) is 2.41. The van der Waals surface area contributed by atoms with E-state index in [0.717, 1.165) is 16.4 Å². The molecule has 0 unspecified atom stereocenters. The minimum Gasteiger partial charge on any atom is -0.358 e. The highest BCUT2D eigenvalue weighted by molar-refractivity contribution is 6.32. The summed E-state index contributed by atoms with van der Waals surface area (Å²) in [5.74, 6) is 0.471. The Kier molecular flexibility index (Phi) is 2.31. The number of allylic oxidation sites excluding steroid dienone is 1. The van der Waals surface area contributed by atoms with Gasteiger partial charge in [0, 0.05) is 27.4 Å². The van der Waals surface area contributed by atoms with Crippen molar-refractivity contribution in [2.24, 2.45) is 5.92 Å². The molecule has 1 aliphatic heterocycles. The summed E-state index contributed by atoms with van der Waals surface area (Å²) in [4.78, 5) is 0. The molecule has 2 heteroatoms. The van der Waals surface area contributed by atoms with Crippen LogP contribution in [-0.2, 0) is 5.41 Å². The third kappa shape index (κ3) is 1.30. The van der Waals surface area contributed by atoms with Gasteiger partial charge in [-0.1, -0.05) is 38.1 Å². The standard InChI is InChI=1S/C13H16ClN/c1-8(2)13(4)9(3)15-11-7-5-6-10(14)12(11)13/h5-8,15H,3H2,1-2,4H3/t13-/m0/s1. The van der Waals surface area contributed by atoms with E-state index in [4.69, 9.17) is 11.6 Å². The molecule has 1 heterocycles. The Morgan fingerprint density at radius 3 is 2.67 bits per heavy atom. The van der Waals surface area contributed by atoms with Crippen LogP contribution in [0, 0.1) is 5.92 Å². The van der Waals surface area contributed by atoms with E-state index < -0.39 is 0 Å². The number of nitrogens with one attached hydrogen (secondary N) is 1. The molecule has 0 aliphatic carbocycles. The molecule has 80 valence electrons. The molecular weight excluding hydrogens is 206 g/mol. The number of benzene rings is 1. The van der Waals surface area contributed by atoms with Gasteiger partial charge in [0.25, 0.3) is 0 Å². The highest BCUT2D eigenvalue weighted by Gasteiger charge is 2.41. The van der Waals surface area contributed by atoms with Crippen LogP contribution in [0.2, 0.25) is 5.02 Å². The lowest BCUT2D eigenvalue weighted by molar-refractivity contribution is 0.412. The van der Waals surface area contributed by atoms with Crippen LogP contribution >= 0.6 is 11.6 Å². The van der Waals surface area contributed by atoms with E-state index in [0.29, 0.717) is 5.92 Å². The van der Waals surface area contributed by atoms with Crippen molar-refractivity contribution >= 4 is 17.3 Å². The smallest absolute Gasteiger partial charge is 0.0468 e. The fourth-order valence-electron chi connectivity index (χ4n) is 2.24. The Bertz CT molecular complexity index is 423. The molecule has 0 fully saturated rings. The topological polar surface area (TPSA) is 12.0 Å². The zero-order valence-corrected chi connectivity index (χ0v) is 10.2. The lowest BCUT2D eigenvalue weighted by Gasteiger charge is -2.30. The van der Waals surface area contributed by atoms with Gasteiger partial charge in [-0.05, 0) is 25.0 Å². The van der Waals surface area contributed by atoms with E-state index in [1.165, 1.54) is 5.56 Å². The summed E-state index contributed by atoms with van der Waals surface area (Å²) in [6.07, 6.45) is 0. The van der Waals surface area contributed by atoms with Crippen LogP contribution in [0.4, 0.5) is 5.69 Å². The van der Waals surface area contributed by atoms with Gasteiger partial charge in [0.2, 0.25) is 0 Å². The van der Waals surface area contributed by atoms with Crippen LogP contribution in [0.15, 0.2) is 30.5 Å². The molecular formula is C13H16ClN. The van der Waals surface area contributed by atoms with Gasteiger partial charge in [0.1, 0.15) is 0 Å². The molecule has 0 aromatic heterocycles. The predicted molar refractivity (Wildman–Crippen MR) is 66.4 cm³/mol. The molecule has 1 aromatic carbocycles. The van der Waals surface area contributed by atoms with Crippen molar-refractivity contribution in [3.63, 3.8) is 0 Å². The number of halogens is 1. The lowest BCUT2D eigenvalue weighted by Crippen LogP contribution is -2.28. The average molecular weight is 222 g/mol. The molecule has 1 aliphatic rings. The fourth-order valence-corrected chi connectivity index (χ4v) is 2.61. The first-order valence-electron chi connectivity index (χ1n) is 5.23. The van der Waals surface area contributed by atoms with Crippen molar-refractivity contribution in [3.05, 3.63) is 41.1 Å². The number of hydrogen-bond donors (Lipinski definition) is 1. The molecule has 1 atom stereocenters. The van der Waals surface area contributed by atoms with Crippen molar-refractivity contribution in [3.8, 4) is 0 Å². The number of rotatable bonds is 1. The molecule has 2 rings (SSSR count). The largest absolute Gasteiger partial charge is 0.358 e. The molecule has 0 bridgehead atoms. The molecule has 0 saturated carbocycles. The molecule has 0 amide bonds. The van der Waals surface area contributed by atoms with Crippen LogP contribution in [0.3, 0.4) is 0 Å². The Hall–Kier alpha value is -0.950. The molecule has 0 spiro atoms. The van der Waals surface area contributed by atoms with E-state index >= 15 is 0 Å². The van der Waals surface area contributed by atoms with Crippen LogP contribution in [-0.4, -0.2) is 0 Å². The third-order valence-electron chi connectivity index (χ3n) is 3.60. The summed E-state index contributed by atoms with van der Waals surface area (Å²) in [7, 11) is 0. The van der Waals surface area contributed by atoms with Gasteiger partial charge in [-0.3, -0.25) is 0 Å². The maximum atomic E-state index is 6.28. The minimum absolute atomic E-state index is 0.0618. The minimum atomic E-state index is -0.0618. The van der Waals surface area contributed by atoms with Gasteiger partial charge < -0.3 is 5.32 Å². The second kappa shape index (κ2) is 3.28. The van der Waals surface area contributed by atoms with Crippen molar-refractivity contribution in [2.45, 2.75) is 26.2 Å². The molecule has 0 saturated heterocycles. The summed E-state index contributed by atoms with van der Waals surface area (Å²) in [6.45, 7) is 10.7. The highest BCUT2D eigenvalue weighted by Crippen LogP contribution is 2.50. The van der Waals surface area contributed by atoms with Gasteiger partial charge in [-0.2, -0.15) is 0 Å². The second-order valence-electron chi connectivity index (χ2n) is 4.62.